The SMILES string of the molecule is NC(CNCC1Cc2ccccc21)C(=O)O. The Morgan fingerprint density at radius 3 is 3.00 bits per heavy atom. The summed E-state index contributed by atoms with van der Waals surface area (Å²) in [5, 5.41) is 11.7. The highest BCUT2D eigenvalue weighted by Gasteiger charge is 2.25. The summed E-state index contributed by atoms with van der Waals surface area (Å²) in [6.45, 7) is 1.13. The number of fused-ring (bicyclic) bond motifs is 1. The van der Waals surface area contributed by atoms with Gasteiger partial charge < -0.3 is 16.2 Å². The number of aliphatic carboxylic acids is 1. The Bertz CT molecular complexity index is 392. The van der Waals surface area contributed by atoms with Crippen molar-refractivity contribution in [2.45, 2.75) is 18.4 Å². The maximum atomic E-state index is 10.5. The summed E-state index contributed by atoms with van der Waals surface area (Å²) in [4.78, 5) is 10.5. The zero-order valence-corrected chi connectivity index (χ0v) is 9.02. The maximum absolute atomic E-state index is 10.5. The zero-order chi connectivity index (χ0) is 11.5. The molecule has 0 amide bonds. The number of hydrogen-bond acceptors (Lipinski definition) is 3. The Hall–Kier alpha value is -1.39. The first-order valence-electron chi connectivity index (χ1n) is 5.45. The van der Waals surface area contributed by atoms with Gasteiger partial charge in [0.25, 0.3) is 0 Å². The molecule has 2 rings (SSSR count). The summed E-state index contributed by atoms with van der Waals surface area (Å²) in [7, 11) is 0. The van der Waals surface area contributed by atoms with Crippen molar-refractivity contribution in [2.24, 2.45) is 5.73 Å². The van der Waals surface area contributed by atoms with E-state index in [4.69, 9.17) is 10.8 Å². The molecule has 1 aliphatic carbocycles. The number of nitrogens with one attached hydrogen (secondary N) is 1. The smallest absolute Gasteiger partial charge is 0.321 e. The van der Waals surface area contributed by atoms with Crippen LogP contribution in [0, 0.1) is 0 Å². The van der Waals surface area contributed by atoms with E-state index in [0.29, 0.717) is 12.5 Å². The van der Waals surface area contributed by atoms with Gasteiger partial charge >= 0.3 is 5.97 Å². The lowest BCUT2D eigenvalue weighted by atomic mass is 9.77. The summed E-state index contributed by atoms with van der Waals surface area (Å²) in [5.74, 6) is -0.446. The van der Waals surface area contributed by atoms with Crippen molar-refractivity contribution in [3.63, 3.8) is 0 Å². The van der Waals surface area contributed by atoms with E-state index in [-0.39, 0.29) is 0 Å². The minimum Gasteiger partial charge on any atom is -0.480 e. The number of carboxylic acids is 1. The molecule has 0 bridgehead atoms. The van der Waals surface area contributed by atoms with Gasteiger partial charge in [0.15, 0.2) is 0 Å². The lowest BCUT2D eigenvalue weighted by Crippen LogP contribution is -2.42. The van der Waals surface area contributed by atoms with Gasteiger partial charge in [-0.25, -0.2) is 0 Å². The molecular weight excluding hydrogens is 204 g/mol. The van der Waals surface area contributed by atoms with Gasteiger partial charge in [-0.05, 0) is 17.5 Å². The van der Waals surface area contributed by atoms with Crippen LogP contribution in [0.1, 0.15) is 17.0 Å². The van der Waals surface area contributed by atoms with E-state index in [1.165, 1.54) is 11.1 Å². The molecule has 0 aromatic heterocycles. The lowest BCUT2D eigenvalue weighted by molar-refractivity contribution is -0.138. The van der Waals surface area contributed by atoms with Gasteiger partial charge in [0.05, 0.1) is 0 Å². The molecule has 86 valence electrons. The van der Waals surface area contributed by atoms with Crippen LogP contribution in [0.25, 0.3) is 0 Å². The molecule has 2 unspecified atom stereocenters. The fourth-order valence-electron chi connectivity index (χ4n) is 2.05. The Labute approximate surface area is 94.5 Å². The highest BCUT2D eigenvalue weighted by molar-refractivity contribution is 5.73. The maximum Gasteiger partial charge on any atom is 0.321 e. The first kappa shape index (κ1) is 11.1. The molecule has 2 atom stereocenters. The van der Waals surface area contributed by atoms with Crippen molar-refractivity contribution >= 4 is 5.97 Å². The average Bonchev–Trinajstić information content (AvgIpc) is 2.24. The van der Waals surface area contributed by atoms with E-state index >= 15 is 0 Å². The molecule has 4 N–H and O–H groups in total. The molecule has 0 fully saturated rings. The van der Waals surface area contributed by atoms with Crippen LogP contribution in [0.15, 0.2) is 24.3 Å². The molecule has 0 aliphatic heterocycles. The Balaban J connectivity index is 1.76. The number of carboxylic acid groups (broad SMARTS) is 1. The van der Waals surface area contributed by atoms with Crippen molar-refractivity contribution in [3.8, 4) is 0 Å². The van der Waals surface area contributed by atoms with Gasteiger partial charge in [0.1, 0.15) is 6.04 Å². The molecule has 0 spiro atoms. The number of carbonyl (C=O) groups is 1. The third-order valence-corrected chi connectivity index (χ3v) is 3.03. The van der Waals surface area contributed by atoms with Gasteiger partial charge in [0.2, 0.25) is 0 Å². The molecular formula is C12H16N2O2. The Kier molecular flexibility index (Phi) is 3.22. The normalized spacial score (nSPS) is 19.7. The molecule has 0 heterocycles. The second kappa shape index (κ2) is 4.63. The van der Waals surface area contributed by atoms with E-state index < -0.39 is 12.0 Å². The quantitative estimate of drug-likeness (QED) is 0.668. The molecule has 0 saturated carbocycles. The molecule has 1 aromatic carbocycles. The van der Waals surface area contributed by atoms with Crippen molar-refractivity contribution in [3.05, 3.63) is 35.4 Å². The van der Waals surface area contributed by atoms with Crippen LogP contribution in [-0.2, 0) is 11.2 Å². The van der Waals surface area contributed by atoms with Crippen LogP contribution in [-0.4, -0.2) is 30.2 Å². The predicted molar refractivity (Wildman–Crippen MR) is 61.4 cm³/mol. The van der Waals surface area contributed by atoms with Crippen molar-refractivity contribution < 1.29 is 9.90 Å². The van der Waals surface area contributed by atoms with Crippen LogP contribution in [0.2, 0.25) is 0 Å². The third kappa shape index (κ3) is 2.23. The van der Waals surface area contributed by atoms with E-state index in [1.807, 2.05) is 12.1 Å². The summed E-state index contributed by atoms with van der Waals surface area (Å²) in [5.41, 5.74) is 8.17. The van der Waals surface area contributed by atoms with Crippen molar-refractivity contribution in [1.29, 1.82) is 0 Å². The van der Waals surface area contributed by atoms with Crippen LogP contribution >= 0.6 is 0 Å². The fourth-order valence-corrected chi connectivity index (χ4v) is 2.05. The second-order valence-corrected chi connectivity index (χ2v) is 4.20. The summed E-state index contributed by atoms with van der Waals surface area (Å²) in [6.07, 6.45) is 1.07. The standard InChI is InChI=1S/C12H16N2O2/c13-11(12(15)16)7-14-6-9-5-8-3-1-2-4-10(8)9/h1-4,9,11,14H,5-7,13H2,(H,15,16). The second-order valence-electron chi connectivity index (χ2n) is 4.20. The number of benzene rings is 1. The zero-order valence-electron chi connectivity index (χ0n) is 9.02. The molecule has 1 aliphatic rings. The third-order valence-electron chi connectivity index (χ3n) is 3.03. The van der Waals surface area contributed by atoms with Gasteiger partial charge in [-0.15, -0.1) is 0 Å². The summed E-state index contributed by atoms with van der Waals surface area (Å²) in [6, 6.07) is 7.53. The van der Waals surface area contributed by atoms with Gasteiger partial charge in [-0.1, -0.05) is 24.3 Å². The van der Waals surface area contributed by atoms with Crippen LogP contribution < -0.4 is 11.1 Å². The van der Waals surface area contributed by atoms with Gasteiger partial charge in [-0.2, -0.15) is 0 Å². The van der Waals surface area contributed by atoms with E-state index in [0.717, 1.165) is 13.0 Å². The molecule has 4 heteroatoms. The molecule has 0 saturated heterocycles. The number of hydrogen-bond donors (Lipinski definition) is 3. The van der Waals surface area contributed by atoms with E-state index in [1.54, 1.807) is 0 Å². The number of nitrogens with two attached hydrogens (primary N) is 1. The molecule has 4 nitrogen and oxygen atoms in total. The minimum atomic E-state index is -0.957. The van der Waals surface area contributed by atoms with Crippen molar-refractivity contribution in [2.75, 3.05) is 13.1 Å². The van der Waals surface area contributed by atoms with Crippen molar-refractivity contribution in [1.82, 2.24) is 5.32 Å². The first-order valence-corrected chi connectivity index (χ1v) is 5.45. The Morgan fingerprint density at radius 2 is 2.31 bits per heavy atom. The minimum absolute atomic E-state index is 0.327. The van der Waals surface area contributed by atoms with Crippen LogP contribution in [0.3, 0.4) is 0 Å². The summed E-state index contributed by atoms with van der Waals surface area (Å²) >= 11 is 0. The van der Waals surface area contributed by atoms with E-state index in [2.05, 4.69) is 17.4 Å². The monoisotopic (exact) mass is 220 g/mol. The summed E-state index contributed by atoms with van der Waals surface area (Å²) < 4.78 is 0. The number of rotatable bonds is 5. The van der Waals surface area contributed by atoms with Crippen LogP contribution in [0.4, 0.5) is 0 Å². The lowest BCUT2D eigenvalue weighted by Gasteiger charge is -2.30. The van der Waals surface area contributed by atoms with Gasteiger partial charge in [-0.3, -0.25) is 4.79 Å². The highest BCUT2D eigenvalue weighted by Crippen LogP contribution is 2.33. The molecule has 16 heavy (non-hydrogen) atoms. The largest absolute Gasteiger partial charge is 0.480 e. The topological polar surface area (TPSA) is 75.3 Å². The Morgan fingerprint density at radius 1 is 1.56 bits per heavy atom. The molecule has 0 radical (unpaired) electrons. The first-order chi connectivity index (χ1) is 7.68. The highest BCUT2D eigenvalue weighted by atomic mass is 16.4. The average molecular weight is 220 g/mol. The fraction of sp³-hybridized carbons (Fsp3) is 0.417. The molecule has 1 aromatic rings. The van der Waals surface area contributed by atoms with E-state index in [9.17, 15) is 4.79 Å². The predicted octanol–water partition coefficient (Wildman–Crippen LogP) is 0.328. The van der Waals surface area contributed by atoms with Crippen LogP contribution in [0.5, 0.6) is 0 Å². The van der Waals surface area contributed by atoms with Gasteiger partial charge in [0, 0.05) is 19.0 Å².